The summed E-state index contributed by atoms with van der Waals surface area (Å²) in [4.78, 5) is 4.68. The Balaban J connectivity index is 1.83. The van der Waals surface area contributed by atoms with Gasteiger partial charge in [-0.25, -0.2) is 4.98 Å². The van der Waals surface area contributed by atoms with Crippen LogP contribution >= 0.6 is 15.9 Å². The van der Waals surface area contributed by atoms with Crippen LogP contribution in [-0.4, -0.2) is 22.0 Å². The fourth-order valence-electron chi connectivity index (χ4n) is 2.48. The van der Waals surface area contributed by atoms with Crippen molar-refractivity contribution in [1.82, 2.24) is 14.7 Å². The summed E-state index contributed by atoms with van der Waals surface area (Å²) in [7, 11) is 0. The predicted octanol–water partition coefficient (Wildman–Crippen LogP) is 2.78. The minimum absolute atomic E-state index is 0.604. The van der Waals surface area contributed by atoms with Crippen LogP contribution in [0.2, 0.25) is 0 Å². The fraction of sp³-hybridized carbons (Fsp3) is 0.462. The van der Waals surface area contributed by atoms with Crippen molar-refractivity contribution in [3.8, 4) is 0 Å². The molecule has 4 heteroatoms. The maximum Gasteiger partial charge on any atom is 0.151 e. The highest BCUT2D eigenvalue weighted by Gasteiger charge is 2.15. The highest BCUT2D eigenvalue weighted by atomic mass is 79.9. The van der Waals surface area contributed by atoms with Crippen LogP contribution in [0.15, 0.2) is 29.0 Å². The lowest BCUT2D eigenvalue weighted by atomic mass is 10.0. The number of aromatic nitrogens is 2. The van der Waals surface area contributed by atoms with Crippen LogP contribution in [0.5, 0.6) is 0 Å². The minimum Gasteiger partial charge on any atom is -0.314 e. The molecule has 0 aromatic carbocycles. The van der Waals surface area contributed by atoms with Gasteiger partial charge in [-0.15, -0.1) is 0 Å². The van der Waals surface area contributed by atoms with E-state index in [1.807, 2.05) is 18.3 Å². The van der Waals surface area contributed by atoms with Crippen molar-refractivity contribution < 1.29 is 0 Å². The van der Waals surface area contributed by atoms with Gasteiger partial charge in [0.1, 0.15) is 0 Å². The van der Waals surface area contributed by atoms with Gasteiger partial charge in [-0.3, -0.25) is 0 Å². The van der Waals surface area contributed by atoms with E-state index >= 15 is 0 Å². The third kappa shape index (κ3) is 2.38. The summed E-state index contributed by atoms with van der Waals surface area (Å²) in [6.07, 6.45) is 9.15. The van der Waals surface area contributed by atoms with Crippen molar-refractivity contribution in [2.45, 2.75) is 31.7 Å². The average Bonchev–Trinajstić information content (AvgIpc) is 2.74. The molecule has 0 saturated carbocycles. The molecule has 0 aliphatic carbocycles. The molecule has 0 bridgehead atoms. The van der Waals surface area contributed by atoms with Crippen molar-refractivity contribution >= 4 is 21.6 Å². The van der Waals surface area contributed by atoms with Crippen LogP contribution < -0.4 is 5.32 Å². The van der Waals surface area contributed by atoms with Crippen LogP contribution in [-0.2, 0) is 6.42 Å². The molecular formula is C13H16BrN3. The second kappa shape index (κ2) is 4.78. The minimum atomic E-state index is 0.604. The summed E-state index contributed by atoms with van der Waals surface area (Å²) in [5.41, 5.74) is 2.19. The monoisotopic (exact) mass is 293 g/mol. The van der Waals surface area contributed by atoms with E-state index in [2.05, 4.69) is 36.8 Å². The summed E-state index contributed by atoms with van der Waals surface area (Å²) in [6.45, 7) is 1.15. The van der Waals surface area contributed by atoms with E-state index in [0.29, 0.717) is 6.04 Å². The Hall–Kier alpha value is -0.870. The Labute approximate surface area is 109 Å². The molecule has 0 spiro atoms. The third-order valence-electron chi connectivity index (χ3n) is 3.35. The normalized spacial score (nSPS) is 20.9. The molecular weight excluding hydrogens is 278 g/mol. The van der Waals surface area contributed by atoms with Gasteiger partial charge in [0, 0.05) is 24.9 Å². The number of piperidine rings is 1. The van der Waals surface area contributed by atoms with Crippen molar-refractivity contribution in [2.75, 3.05) is 6.54 Å². The summed E-state index contributed by atoms with van der Waals surface area (Å²) in [5, 5.41) is 3.57. The van der Waals surface area contributed by atoms with E-state index in [9.17, 15) is 0 Å². The molecule has 90 valence electrons. The van der Waals surface area contributed by atoms with E-state index in [4.69, 9.17) is 0 Å². The van der Waals surface area contributed by atoms with Crippen molar-refractivity contribution in [2.24, 2.45) is 0 Å². The molecule has 0 radical (unpaired) electrons. The molecule has 2 aromatic rings. The zero-order chi connectivity index (χ0) is 11.7. The molecule has 1 saturated heterocycles. The summed E-state index contributed by atoms with van der Waals surface area (Å²) in [6, 6.07) is 4.67. The van der Waals surface area contributed by atoms with Gasteiger partial charge in [-0.2, -0.15) is 0 Å². The van der Waals surface area contributed by atoms with Gasteiger partial charge in [0.05, 0.1) is 10.2 Å². The number of hydrogen-bond acceptors (Lipinski definition) is 2. The molecule has 1 aliphatic heterocycles. The maximum atomic E-state index is 4.68. The average molecular weight is 294 g/mol. The molecule has 2 aromatic heterocycles. The lowest BCUT2D eigenvalue weighted by Crippen LogP contribution is -2.35. The van der Waals surface area contributed by atoms with Crippen LogP contribution in [0.3, 0.4) is 0 Å². The number of halogens is 1. The zero-order valence-electron chi connectivity index (χ0n) is 9.69. The largest absolute Gasteiger partial charge is 0.314 e. The standard InChI is InChI=1S/C13H16BrN3/c14-12-5-3-7-17-9-11(16-13(12)17)8-10-4-1-2-6-15-10/h3,5,7,9-10,15H,1-2,4,6,8H2. The van der Waals surface area contributed by atoms with Gasteiger partial charge in [0.15, 0.2) is 5.65 Å². The van der Waals surface area contributed by atoms with Crippen LogP contribution in [0.4, 0.5) is 0 Å². The van der Waals surface area contributed by atoms with E-state index in [0.717, 1.165) is 23.1 Å². The summed E-state index contributed by atoms with van der Waals surface area (Å²) < 4.78 is 3.14. The number of nitrogens with one attached hydrogen (secondary N) is 1. The third-order valence-corrected chi connectivity index (χ3v) is 3.97. The molecule has 3 heterocycles. The second-order valence-corrected chi connectivity index (χ2v) is 5.52. The van der Waals surface area contributed by atoms with Gasteiger partial charge in [0.25, 0.3) is 0 Å². The van der Waals surface area contributed by atoms with E-state index in [-0.39, 0.29) is 0 Å². The molecule has 1 unspecified atom stereocenters. The number of fused-ring (bicyclic) bond motifs is 1. The molecule has 1 N–H and O–H groups in total. The Kier molecular flexibility index (Phi) is 3.16. The zero-order valence-corrected chi connectivity index (χ0v) is 11.3. The first-order chi connectivity index (χ1) is 8.33. The quantitative estimate of drug-likeness (QED) is 0.923. The summed E-state index contributed by atoms with van der Waals surface area (Å²) >= 11 is 3.54. The van der Waals surface area contributed by atoms with E-state index in [1.165, 1.54) is 25.0 Å². The van der Waals surface area contributed by atoms with Gasteiger partial charge in [-0.05, 0) is 47.4 Å². The molecule has 17 heavy (non-hydrogen) atoms. The van der Waals surface area contributed by atoms with Gasteiger partial charge >= 0.3 is 0 Å². The first-order valence-corrected chi connectivity index (χ1v) is 6.98. The summed E-state index contributed by atoms with van der Waals surface area (Å²) in [5.74, 6) is 0. The first-order valence-electron chi connectivity index (χ1n) is 6.18. The van der Waals surface area contributed by atoms with Gasteiger partial charge < -0.3 is 9.72 Å². The number of nitrogens with zero attached hydrogens (tertiary/aromatic N) is 2. The number of rotatable bonds is 2. The topological polar surface area (TPSA) is 29.3 Å². The maximum absolute atomic E-state index is 4.68. The predicted molar refractivity (Wildman–Crippen MR) is 72.2 cm³/mol. The first kappa shape index (κ1) is 11.2. The van der Waals surface area contributed by atoms with Crippen molar-refractivity contribution in [3.63, 3.8) is 0 Å². The SMILES string of the molecule is Brc1cccn2cc(CC3CCCCN3)nc12. The molecule has 1 aliphatic rings. The highest BCUT2D eigenvalue weighted by Crippen LogP contribution is 2.18. The Morgan fingerprint density at radius 1 is 1.47 bits per heavy atom. The number of pyridine rings is 1. The van der Waals surface area contributed by atoms with Gasteiger partial charge in [-0.1, -0.05) is 6.42 Å². The fourth-order valence-corrected chi connectivity index (χ4v) is 2.92. The number of hydrogen-bond donors (Lipinski definition) is 1. The van der Waals surface area contributed by atoms with Gasteiger partial charge in [0.2, 0.25) is 0 Å². The highest BCUT2D eigenvalue weighted by molar-refractivity contribution is 9.10. The van der Waals surface area contributed by atoms with E-state index in [1.54, 1.807) is 0 Å². The van der Waals surface area contributed by atoms with E-state index < -0.39 is 0 Å². The lowest BCUT2D eigenvalue weighted by Gasteiger charge is -2.22. The van der Waals surface area contributed by atoms with Crippen molar-refractivity contribution in [3.05, 3.63) is 34.7 Å². The second-order valence-electron chi connectivity index (χ2n) is 4.67. The lowest BCUT2D eigenvalue weighted by molar-refractivity contribution is 0.397. The van der Waals surface area contributed by atoms with Crippen molar-refractivity contribution in [1.29, 1.82) is 0 Å². The number of imidazole rings is 1. The molecule has 3 nitrogen and oxygen atoms in total. The Morgan fingerprint density at radius 3 is 3.18 bits per heavy atom. The van der Waals surface area contributed by atoms with Crippen LogP contribution in [0, 0.1) is 0 Å². The molecule has 3 rings (SSSR count). The smallest absolute Gasteiger partial charge is 0.151 e. The van der Waals surface area contributed by atoms with Crippen LogP contribution in [0.1, 0.15) is 25.0 Å². The van der Waals surface area contributed by atoms with Crippen LogP contribution in [0.25, 0.3) is 5.65 Å². The molecule has 0 amide bonds. The Bertz CT molecular complexity index is 514. The Morgan fingerprint density at radius 2 is 2.41 bits per heavy atom. The molecule has 1 fully saturated rings. The molecule has 1 atom stereocenters.